The first-order valence-electron chi connectivity index (χ1n) is 9.41. The second kappa shape index (κ2) is 9.32. The zero-order valence-corrected chi connectivity index (χ0v) is 17.1. The topological polar surface area (TPSA) is 30.0 Å². The molecule has 1 atom stereocenters. The van der Waals surface area contributed by atoms with E-state index in [1.807, 2.05) is 0 Å². The van der Waals surface area contributed by atoms with Gasteiger partial charge in [-0.15, -0.1) is 0 Å². The van der Waals surface area contributed by atoms with Crippen LogP contribution in [0.5, 0.6) is 0 Å². The van der Waals surface area contributed by atoms with Crippen LogP contribution >= 0.6 is 11.6 Å². The summed E-state index contributed by atoms with van der Waals surface area (Å²) in [7, 11) is 0. The third-order valence-corrected chi connectivity index (χ3v) is 5.26. The second-order valence-corrected chi connectivity index (χ2v) is 7.52. The lowest BCUT2D eigenvalue weighted by atomic mass is 9.86. The highest BCUT2D eigenvalue weighted by atomic mass is 35.5. The van der Waals surface area contributed by atoms with Gasteiger partial charge < -0.3 is 0 Å². The highest BCUT2D eigenvalue weighted by Gasteiger charge is 2.37. The van der Waals surface area contributed by atoms with Crippen LogP contribution in [0.3, 0.4) is 0 Å². The van der Waals surface area contributed by atoms with Gasteiger partial charge in [0.2, 0.25) is 0 Å². The monoisotopic (exact) mass is 471 g/mol. The van der Waals surface area contributed by atoms with E-state index in [1.54, 1.807) is 24.3 Å². The molecule has 0 aliphatic heterocycles. The molecule has 1 aromatic heterocycles. The molecule has 3 aromatic rings. The third-order valence-electron chi connectivity index (χ3n) is 4.89. The zero-order valence-electron chi connectivity index (χ0n) is 16.3. The maximum absolute atomic E-state index is 13.6. The van der Waals surface area contributed by atoms with E-state index in [0.717, 1.165) is 42.6 Å². The fourth-order valence-corrected chi connectivity index (χ4v) is 3.57. The number of rotatable bonds is 6. The Morgan fingerprint density at radius 2 is 1.53 bits per heavy atom. The average Bonchev–Trinajstić information content (AvgIpc) is 2.72. The first-order chi connectivity index (χ1) is 15.0. The lowest BCUT2D eigenvalue weighted by Crippen LogP contribution is -2.18. The molecule has 0 saturated heterocycles. The number of aromatic nitrogens is 1. The van der Waals surface area contributed by atoms with E-state index in [-0.39, 0.29) is 12.0 Å². The lowest BCUT2D eigenvalue weighted by molar-refractivity contribution is -0.139. The Balaban J connectivity index is 2.01. The fraction of sp³-hybridized carbons (Fsp3) is 0.217. The minimum atomic E-state index is -4.75. The number of Topliss-reactive ketones (excluding diaryl/α,β-unsaturated/α-hetero) is 1. The molecular weight excluding hydrogens is 456 g/mol. The van der Waals surface area contributed by atoms with Crippen LogP contribution in [0.15, 0.2) is 66.9 Å². The molecule has 0 aliphatic rings. The van der Waals surface area contributed by atoms with E-state index < -0.39 is 47.3 Å². The van der Waals surface area contributed by atoms with Crippen molar-refractivity contribution in [2.45, 2.75) is 31.1 Å². The summed E-state index contributed by atoms with van der Waals surface area (Å²) in [6, 6.07) is 12.2. The number of halogens is 7. The summed E-state index contributed by atoms with van der Waals surface area (Å²) in [6.45, 7) is 0. The van der Waals surface area contributed by atoms with Gasteiger partial charge in [-0.1, -0.05) is 41.9 Å². The molecule has 0 fully saturated rings. The highest BCUT2D eigenvalue weighted by molar-refractivity contribution is 6.31. The van der Waals surface area contributed by atoms with Crippen molar-refractivity contribution >= 4 is 17.4 Å². The number of carbonyl (C=O) groups is 1. The van der Waals surface area contributed by atoms with Crippen molar-refractivity contribution in [3.63, 3.8) is 0 Å². The predicted molar refractivity (Wildman–Crippen MR) is 107 cm³/mol. The summed E-state index contributed by atoms with van der Waals surface area (Å²) in [5.74, 6) is -1.62. The highest BCUT2D eigenvalue weighted by Crippen LogP contribution is 2.39. The number of hydrogen-bond donors (Lipinski definition) is 0. The van der Waals surface area contributed by atoms with E-state index in [4.69, 9.17) is 11.6 Å². The van der Waals surface area contributed by atoms with Gasteiger partial charge in [-0.25, -0.2) is 0 Å². The number of hydrogen-bond acceptors (Lipinski definition) is 2. The quantitative estimate of drug-likeness (QED) is 0.359. The summed E-state index contributed by atoms with van der Waals surface area (Å²) in [4.78, 5) is 16.6. The van der Waals surface area contributed by atoms with E-state index in [0.29, 0.717) is 10.6 Å². The van der Waals surface area contributed by atoms with Crippen LogP contribution in [0, 0.1) is 0 Å². The molecule has 2 aromatic carbocycles. The van der Waals surface area contributed by atoms with Gasteiger partial charge in [-0.05, 0) is 41.5 Å². The fourth-order valence-electron chi connectivity index (χ4n) is 3.37. The lowest BCUT2D eigenvalue weighted by Gasteiger charge is -2.21. The van der Waals surface area contributed by atoms with Crippen LogP contribution in [0.25, 0.3) is 0 Å². The van der Waals surface area contributed by atoms with Gasteiger partial charge in [0.05, 0.1) is 16.8 Å². The normalized spacial score (nSPS) is 13.1. The molecule has 2 nitrogen and oxygen atoms in total. The molecule has 0 amide bonds. The largest absolute Gasteiger partial charge is 0.418 e. The van der Waals surface area contributed by atoms with Crippen LogP contribution in [-0.2, 0) is 23.6 Å². The molecular formula is C23H16ClF6NO. The van der Waals surface area contributed by atoms with Crippen molar-refractivity contribution in [1.29, 1.82) is 0 Å². The summed E-state index contributed by atoms with van der Waals surface area (Å²) in [6.07, 6.45) is -8.72. The first kappa shape index (κ1) is 23.8. The van der Waals surface area contributed by atoms with Crippen LogP contribution in [0.1, 0.15) is 40.3 Å². The summed E-state index contributed by atoms with van der Waals surface area (Å²) in [5, 5.41) is 0.334. The summed E-state index contributed by atoms with van der Waals surface area (Å²) < 4.78 is 79.6. The number of ketones is 1. The smallest absolute Gasteiger partial charge is 0.299 e. The van der Waals surface area contributed by atoms with Crippen molar-refractivity contribution < 1.29 is 31.1 Å². The first-order valence-corrected chi connectivity index (χ1v) is 9.79. The van der Waals surface area contributed by atoms with Gasteiger partial charge >= 0.3 is 12.4 Å². The maximum atomic E-state index is 13.6. The van der Waals surface area contributed by atoms with Crippen molar-refractivity contribution in [3.8, 4) is 0 Å². The molecule has 0 N–H and O–H groups in total. The van der Waals surface area contributed by atoms with Gasteiger partial charge in [0, 0.05) is 30.0 Å². The van der Waals surface area contributed by atoms with Gasteiger partial charge in [0.1, 0.15) is 5.78 Å². The molecule has 1 heterocycles. The van der Waals surface area contributed by atoms with Crippen LogP contribution in [0.2, 0.25) is 5.02 Å². The molecule has 9 heteroatoms. The molecule has 3 rings (SSSR count). The minimum absolute atomic E-state index is 0.120. The van der Waals surface area contributed by atoms with Gasteiger partial charge in [0.25, 0.3) is 0 Å². The van der Waals surface area contributed by atoms with Crippen LogP contribution < -0.4 is 0 Å². The minimum Gasteiger partial charge on any atom is -0.299 e. The Bertz CT molecular complexity index is 1090. The number of pyridine rings is 1. The van der Waals surface area contributed by atoms with Gasteiger partial charge in [0.15, 0.2) is 0 Å². The zero-order chi connectivity index (χ0) is 23.5. The van der Waals surface area contributed by atoms with E-state index in [9.17, 15) is 31.1 Å². The molecule has 0 bridgehead atoms. The Hall–Kier alpha value is -2.87. The van der Waals surface area contributed by atoms with Gasteiger partial charge in [-0.3, -0.25) is 9.78 Å². The summed E-state index contributed by atoms with van der Waals surface area (Å²) >= 11 is 6.06. The van der Waals surface area contributed by atoms with Crippen molar-refractivity contribution in [2.24, 2.45) is 0 Å². The number of nitrogens with zero attached hydrogens (tertiary/aromatic N) is 1. The van der Waals surface area contributed by atoms with Crippen molar-refractivity contribution in [1.82, 2.24) is 4.98 Å². The van der Waals surface area contributed by atoms with Crippen LogP contribution in [0.4, 0.5) is 26.3 Å². The Kier molecular flexibility index (Phi) is 6.93. The molecule has 0 saturated carbocycles. The standard InChI is InChI=1S/C23H16ClF6NO/c24-20-6-2-1-4-15(20)12-17(32)13-18(14-7-9-16(10-8-14)22(25,26)27)21-19(23(28,29)30)5-3-11-31-21/h1-11,18H,12-13H2/t18-/m0/s1. The molecule has 0 unspecified atom stereocenters. The molecule has 32 heavy (non-hydrogen) atoms. The van der Waals surface area contributed by atoms with Crippen molar-refractivity contribution in [2.75, 3.05) is 0 Å². The van der Waals surface area contributed by atoms with E-state index in [1.165, 1.54) is 0 Å². The molecule has 168 valence electrons. The van der Waals surface area contributed by atoms with Crippen LogP contribution in [-0.4, -0.2) is 10.8 Å². The summed E-state index contributed by atoms with van der Waals surface area (Å²) in [5.41, 5.74) is -1.79. The third kappa shape index (κ3) is 5.68. The Morgan fingerprint density at radius 3 is 2.12 bits per heavy atom. The number of benzene rings is 2. The molecule has 0 radical (unpaired) electrons. The Morgan fingerprint density at radius 1 is 0.875 bits per heavy atom. The SMILES string of the molecule is O=C(Cc1ccccc1Cl)C[C@@H](c1ccc(C(F)(F)F)cc1)c1ncccc1C(F)(F)F. The van der Waals surface area contributed by atoms with E-state index in [2.05, 4.69) is 4.98 Å². The van der Waals surface area contributed by atoms with E-state index >= 15 is 0 Å². The van der Waals surface area contributed by atoms with Gasteiger partial charge in [-0.2, -0.15) is 26.3 Å². The van der Waals surface area contributed by atoms with Crippen molar-refractivity contribution in [3.05, 3.63) is 99.8 Å². The molecule has 0 aliphatic carbocycles. The second-order valence-electron chi connectivity index (χ2n) is 7.12. The average molecular weight is 472 g/mol. The number of alkyl halides is 6. The number of carbonyl (C=O) groups excluding carboxylic acids is 1. The molecule has 0 spiro atoms. The Labute approximate surface area is 184 Å². The predicted octanol–water partition coefficient (Wildman–Crippen LogP) is 7.11. The maximum Gasteiger partial charge on any atom is 0.418 e.